The van der Waals surface area contributed by atoms with Gasteiger partial charge in [0.1, 0.15) is 6.04 Å². The van der Waals surface area contributed by atoms with Crippen LogP contribution < -0.4 is 5.32 Å². The van der Waals surface area contributed by atoms with E-state index in [4.69, 9.17) is 5.26 Å². The molecule has 0 spiro atoms. The molecule has 1 unspecified atom stereocenters. The lowest BCUT2D eigenvalue weighted by Gasteiger charge is -2.12. The van der Waals surface area contributed by atoms with Crippen molar-refractivity contribution in [3.63, 3.8) is 0 Å². The SMILES string of the molecule is CCc1c(C)nn(CC(C#N)NC2CC2)c1C. The fourth-order valence-electron chi connectivity index (χ4n) is 2.26. The summed E-state index contributed by atoms with van der Waals surface area (Å²) in [6, 6.07) is 2.76. The first kappa shape index (κ1) is 12.1. The maximum absolute atomic E-state index is 9.13. The third-order valence-corrected chi connectivity index (χ3v) is 3.41. The molecule has 0 radical (unpaired) electrons. The van der Waals surface area contributed by atoms with Crippen molar-refractivity contribution in [1.82, 2.24) is 15.1 Å². The van der Waals surface area contributed by atoms with Gasteiger partial charge in [-0.2, -0.15) is 10.4 Å². The molecule has 1 aliphatic rings. The molecule has 4 heteroatoms. The number of aryl methyl sites for hydroxylation is 1. The predicted molar refractivity (Wildman–Crippen MR) is 66.6 cm³/mol. The van der Waals surface area contributed by atoms with Gasteiger partial charge in [0.2, 0.25) is 0 Å². The van der Waals surface area contributed by atoms with E-state index in [0.29, 0.717) is 12.6 Å². The smallest absolute Gasteiger partial charge is 0.115 e. The molecule has 1 aromatic rings. The minimum atomic E-state index is -0.120. The van der Waals surface area contributed by atoms with E-state index in [1.54, 1.807) is 0 Å². The maximum Gasteiger partial charge on any atom is 0.115 e. The summed E-state index contributed by atoms with van der Waals surface area (Å²) in [6.45, 7) is 6.92. The zero-order chi connectivity index (χ0) is 12.4. The first-order chi connectivity index (χ1) is 8.15. The van der Waals surface area contributed by atoms with E-state index in [-0.39, 0.29) is 6.04 Å². The monoisotopic (exact) mass is 232 g/mol. The van der Waals surface area contributed by atoms with Crippen LogP contribution in [0.3, 0.4) is 0 Å². The summed E-state index contributed by atoms with van der Waals surface area (Å²) in [5.41, 5.74) is 3.60. The van der Waals surface area contributed by atoms with Gasteiger partial charge in [-0.05, 0) is 38.7 Å². The fraction of sp³-hybridized carbons (Fsp3) is 0.692. The summed E-state index contributed by atoms with van der Waals surface area (Å²) in [6.07, 6.45) is 3.41. The van der Waals surface area contributed by atoms with Crippen molar-refractivity contribution < 1.29 is 0 Å². The molecule has 1 aromatic heterocycles. The fourth-order valence-corrected chi connectivity index (χ4v) is 2.26. The van der Waals surface area contributed by atoms with E-state index in [1.165, 1.54) is 24.1 Å². The van der Waals surface area contributed by atoms with E-state index in [0.717, 1.165) is 12.1 Å². The quantitative estimate of drug-likeness (QED) is 0.840. The topological polar surface area (TPSA) is 53.6 Å². The molecule has 1 fully saturated rings. The van der Waals surface area contributed by atoms with Crippen molar-refractivity contribution in [1.29, 1.82) is 5.26 Å². The summed E-state index contributed by atoms with van der Waals surface area (Å²) < 4.78 is 1.97. The minimum Gasteiger partial charge on any atom is -0.298 e. The molecule has 17 heavy (non-hydrogen) atoms. The van der Waals surface area contributed by atoms with Crippen LogP contribution in [0.2, 0.25) is 0 Å². The number of nitriles is 1. The Balaban J connectivity index is 2.08. The number of aromatic nitrogens is 2. The second kappa shape index (κ2) is 4.89. The molecule has 0 aliphatic heterocycles. The Hall–Kier alpha value is -1.34. The summed E-state index contributed by atoms with van der Waals surface area (Å²) in [4.78, 5) is 0. The first-order valence-electron chi connectivity index (χ1n) is 6.34. The summed E-state index contributed by atoms with van der Waals surface area (Å²) in [7, 11) is 0. The van der Waals surface area contributed by atoms with Gasteiger partial charge >= 0.3 is 0 Å². The lowest BCUT2D eigenvalue weighted by atomic mass is 10.1. The van der Waals surface area contributed by atoms with E-state index >= 15 is 0 Å². The molecule has 1 atom stereocenters. The summed E-state index contributed by atoms with van der Waals surface area (Å²) in [5.74, 6) is 0. The maximum atomic E-state index is 9.13. The molecule has 0 bridgehead atoms. The molecule has 1 aliphatic carbocycles. The Bertz CT molecular complexity index is 437. The minimum absolute atomic E-state index is 0.120. The average molecular weight is 232 g/mol. The van der Waals surface area contributed by atoms with Crippen LogP contribution in [0, 0.1) is 25.2 Å². The van der Waals surface area contributed by atoms with E-state index in [1.807, 2.05) is 11.6 Å². The van der Waals surface area contributed by atoms with E-state index in [2.05, 4.69) is 30.3 Å². The van der Waals surface area contributed by atoms with Crippen molar-refractivity contribution in [2.75, 3.05) is 0 Å². The zero-order valence-electron chi connectivity index (χ0n) is 10.8. The highest BCUT2D eigenvalue weighted by molar-refractivity contribution is 5.24. The van der Waals surface area contributed by atoms with Gasteiger partial charge in [0.25, 0.3) is 0 Å². The van der Waals surface area contributed by atoms with Gasteiger partial charge in [-0.15, -0.1) is 0 Å². The molecule has 1 heterocycles. The highest BCUT2D eigenvalue weighted by Gasteiger charge is 2.25. The van der Waals surface area contributed by atoms with Crippen LogP contribution in [0.15, 0.2) is 0 Å². The number of nitrogens with one attached hydrogen (secondary N) is 1. The lowest BCUT2D eigenvalue weighted by molar-refractivity contribution is 0.480. The summed E-state index contributed by atoms with van der Waals surface area (Å²) >= 11 is 0. The molecular weight excluding hydrogens is 212 g/mol. The van der Waals surface area contributed by atoms with Crippen LogP contribution in [0.4, 0.5) is 0 Å². The third kappa shape index (κ3) is 2.67. The predicted octanol–water partition coefficient (Wildman–Crippen LogP) is 1.71. The van der Waals surface area contributed by atoms with Gasteiger partial charge in [-0.25, -0.2) is 0 Å². The second-order valence-corrected chi connectivity index (χ2v) is 4.81. The van der Waals surface area contributed by atoms with E-state index < -0.39 is 0 Å². The normalized spacial score (nSPS) is 16.8. The lowest BCUT2D eigenvalue weighted by Crippen LogP contribution is -2.34. The Labute approximate surface area is 103 Å². The van der Waals surface area contributed by atoms with E-state index in [9.17, 15) is 0 Å². The number of hydrogen-bond acceptors (Lipinski definition) is 3. The van der Waals surface area contributed by atoms with Crippen molar-refractivity contribution >= 4 is 0 Å². The molecule has 0 amide bonds. The molecule has 2 rings (SSSR count). The van der Waals surface area contributed by atoms with Gasteiger partial charge in [-0.1, -0.05) is 6.92 Å². The number of rotatable bonds is 5. The molecule has 0 saturated heterocycles. The molecule has 92 valence electrons. The standard InChI is InChI=1S/C13H20N4/c1-4-13-9(2)16-17(10(13)3)8-12(7-14)15-11-5-6-11/h11-12,15H,4-6,8H2,1-3H3. The van der Waals surface area contributed by atoms with Crippen molar-refractivity contribution in [2.45, 2.75) is 58.7 Å². The first-order valence-corrected chi connectivity index (χ1v) is 6.34. The van der Waals surface area contributed by atoms with Gasteiger partial charge in [0.05, 0.1) is 18.3 Å². The molecule has 4 nitrogen and oxygen atoms in total. The van der Waals surface area contributed by atoms with Gasteiger partial charge < -0.3 is 0 Å². The number of hydrogen-bond donors (Lipinski definition) is 1. The zero-order valence-corrected chi connectivity index (χ0v) is 10.8. The van der Waals surface area contributed by atoms with Crippen molar-refractivity contribution in [2.24, 2.45) is 0 Å². The Morgan fingerprint density at radius 1 is 1.53 bits per heavy atom. The Morgan fingerprint density at radius 3 is 2.71 bits per heavy atom. The Morgan fingerprint density at radius 2 is 2.24 bits per heavy atom. The van der Waals surface area contributed by atoms with Crippen molar-refractivity contribution in [3.8, 4) is 6.07 Å². The highest BCUT2D eigenvalue weighted by Crippen LogP contribution is 2.20. The van der Waals surface area contributed by atoms with Crippen LogP contribution in [0.1, 0.15) is 36.7 Å². The molecule has 1 saturated carbocycles. The van der Waals surface area contributed by atoms with Crippen molar-refractivity contribution in [3.05, 3.63) is 17.0 Å². The van der Waals surface area contributed by atoms with Crippen LogP contribution in [0.25, 0.3) is 0 Å². The highest BCUT2D eigenvalue weighted by atomic mass is 15.3. The summed E-state index contributed by atoms with van der Waals surface area (Å²) in [5, 5.41) is 17.0. The number of nitrogens with zero attached hydrogens (tertiary/aromatic N) is 3. The van der Waals surface area contributed by atoms with Crippen LogP contribution in [0.5, 0.6) is 0 Å². The van der Waals surface area contributed by atoms with Gasteiger partial charge in [-0.3, -0.25) is 10.00 Å². The third-order valence-electron chi connectivity index (χ3n) is 3.41. The average Bonchev–Trinajstić information content (AvgIpc) is 3.07. The molecule has 0 aromatic carbocycles. The Kier molecular flexibility index (Phi) is 3.49. The van der Waals surface area contributed by atoms with Crippen LogP contribution >= 0.6 is 0 Å². The van der Waals surface area contributed by atoms with Gasteiger partial charge in [0.15, 0.2) is 0 Å². The van der Waals surface area contributed by atoms with Crippen LogP contribution in [-0.2, 0) is 13.0 Å². The van der Waals surface area contributed by atoms with Crippen LogP contribution in [-0.4, -0.2) is 21.9 Å². The molecule has 1 N–H and O–H groups in total. The second-order valence-electron chi connectivity index (χ2n) is 4.81. The van der Waals surface area contributed by atoms with Gasteiger partial charge in [0, 0.05) is 11.7 Å². The largest absolute Gasteiger partial charge is 0.298 e. The molecular formula is C13H20N4.